The second-order valence-electron chi connectivity index (χ2n) is 10.1. The minimum atomic E-state index is -0.0703. The number of thiazole rings is 1. The van der Waals surface area contributed by atoms with E-state index < -0.39 is 0 Å². The van der Waals surface area contributed by atoms with Crippen LogP contribution in [0.2, 0.25) is 5.02 Å². The summed E-state index contributed by atoms with van der Waals surface area (Å²) < 4.78 is 8.51. The smallest absolute Gasteiger partial charge is 0.344 e. The Labute approximate surface area is 230 Å². The number of ether oxygens (including phenoxy) is 1. The van der Waals surface area contributed by atoms with Crippen LogP contribution < -0.4 is 9.64 Å². The molecule has 2 fully saturated rings. The van der Waals surface area contributed by atoms with Crippen molar-refractivity contribution in [3.05, 3.63) is 77.7 Å². The fourth-order valence-corrected chi connectivity index (χ4v) is 6.35. The first-order valence-electron chi connectivity index (χ1n) is 12.6. The average molecular weight is 549 g/mol. The van der Waals surface area contributed by atoms with Crippen LogP contribution in [0.4, 0.5) is 10.5 Å². The Morgan fingerprint density at radius 1 is 1.18 bits per heavy atom. The normalized spacial score (nSPS) is 19.2. The lowest BCUT2D eigenvalue weighted by atomic mass is 10.0. The van der Waals surface area contributed by atoms with Gasteiger partial charge in [0.25, 0.3) is 5.19 Å². The molecular weight excluding hydrogens is 520 g/mol. The molecule has 2 aromatic heterocycles. The number of hydrogen-bond acceptors (Lipinski definition) is 7. The highest BCUT2D eigenvalue weighted by Gasteiger charge is 2.42. The highest BCUT2D eigenvalue weighted by Crippen LogP contribution is 2.35. The van der Waals surface area contributed by atoms with Gasteiger partial charge in [0.1, 0.15) is 5.75 Å². The molecule has 4 aromatic rings. The first kappa shape index (κ1) is 24.9. The SMILES string of the molecule is C=C(C)N(C)c1cnn(C(=O)N2CC3CN(Cc4ccc(Oc5nc6ccccc6s5)cc4Cl)CC3C2)c1. The first-order valence-corrected chi connectivity index (χ1v) is 13.8. The molecule has 0 N–H and O–H groups in total. The molecule has 10 heteroatoms. The Hall–Kier alpha value is -3.40. The molecule has 8 nitrogen and oxygen atoms in total. The number of carbonyl (C=O) groups is 1. The molecule has 196 valence electrons. The summed E-state index contributed by atoms with van der Waals surface area (Å²) in [6.45, 7) is 10.0. The van der Waals surface area contributed by atoms with Gasteiger partial charge < -0.3 is 14.5 Å². The predicted octanol–water partition coefficient (Wildman–Crippen LogP) is 5.94. The summed E-state index contributed by atoms with van der Waals surface area (Å²) in [6, 6.07) is 13.8. The van der Waals surface area contributed by atoms with Crippen molar-refractivity contribution >= 4 is 44.9 Å². The third kappa shape index (κ3) is 4.89. The van der Waals surface area contributed by atoms with Crippen LogP contribution in [0.25, 0.3) is 10.2 Å². The van der Waals surface area contributed by atoms with Crippen molar-refractivity contribution in [2.75, 3.05) is 38.1 Å². The van der Waals surface area contributed by atoms with Crippen LogP contribution in [0.15, 0.2) is 67.1 Å². The summed E-state index contributed by atoms with van der Waals surface area (Å²) in [7, 11) is 1.92. The Kier molecular flexibility index (Phi) is 6.59. The minimum absolute atomic E-state index is 0.0703. The number of aromatic nitrogens is 3. The number of fused-ring (bicyclic) bond motifs is 2. The van der Waals surface area contributed by atoms with Crippen LogP contribution in [-0.2, 0) is 6.54 Å². The second kappa shape index (κ2) is 10.1. The second-order valence-corrected chi connectivity index (χ2v) is 11.5. The summed E-state index contributed by atoms with van der Waals surface area (Å²) >= 11 is 8.17. The molecule has 1 amide bonds. The number of nitrogens with zero attached hydrogens (tertiary/aromatic N) is 6. The van der Waals surface area contributed by atoms with E-state index in [0.717, 1.165) is 59.9 Å². The molecule has 2 saturated heterocycles. The average Bonchev–Trinajstić information content (AvgIpc) is 3.67. The maximum absolute atomic E-state index is 13.1. The number of para-hydroxylation sites is 1. The van der Waals surface area contributed by atoms with Gasteiger partial charge in [-0.05, 0) is 48.6 Å². The number of allylic oxidation sites excluding steroid dienone is 1. The monoisotopic (exact) mass is 548 g/mol. The van der Waals surface area contributed by atoms with E-state index in [-0.39, 0.29) is 6.03 Å². The number of carbonyl (C=O) groups excluding carboxylic acids is 1. The molecule has 0 spiro atoms. The van der Waals surface area contributed by atoms with E-state index in [0.29, 0.717) is 27.8 Å². The van der Waals surface area contributed by atoms with E-state index in [2.05, 4.69) is 21.6 Å². The maximum Gasteiger partial charge on any atom is 0.344 e. The molecule has 38 heavy (non-hydrogen) atoms. The van der Waals surface area contributed by atoms with E-state index in [1.807, 2.05) is 66.2 Å². The van der Waals surface area contributed by atoms with Gasteiger partial charge >= 0.3 is 6.03 Å². The summed E-state index contributed by atoms with van der Waals surface area (Å²) in [5.74, 6) is 1.58. The Bertz CT molecular complexity index is 1470. The third-order valence-electron chi connectivity index (χ3n) is 7.46. The van der Waals surface area contributed by atoms with Gasteiger partial charge in [0.05, 0.1) is 28.3 Å². The zero-order valence-electron chi connectivity index (χ0n) is 21.4. The van der Waals surface area contributed by atoms with E-state index in [1.54, 1.807) is 12.4 Å². The fourth-order valence-electron chi connectivity index (χ4n) is 5.29. The highest BCUT2D eigenvalue weighted by molar-refractivity contribution is 7.20. The Balaban J connectivity index is 1.04. The van der Waals surface area contributed by atoms with Gasteiger partial charge in [-0.1, -0.05) is 47.7 Å². The molecule has 0 aliphatic carbocycles. The number of halogens is 1. The minimum Gasteiger partial charge on any atom is -0.431 e. The topological polar surface area (TPSA) is 66.7 Å². The van der Waals surface area contributed by atoms with Gasteiger partial charge in [-0.15, -0.1) is 0 Å². The van der Waals surface area contributed by atoms with Crippen molar-refractivity contribution in [1.29, 1.82) is 0 Å². The van der Waals surface area contributed by atoms with E-state index in [4.69, 9.17) is 16.3 Å². The first-order chi connectivity index (χ1) is 18.3. The molecule has 2 aromatic carbocycles. The summed E-state index contributed by atoms with van der Waals surface area (Å²) in [4.78, 5) is 23.9. The number of amides is 1. The molecule has 2 unspecified atom stereocenters. The summed E-state index contributed by atoms with van der Waals surface area (Å²) in [6.07, 6.45) is 3.47. The van der Waals surface area contributed by atoms with Crippen LogP contribution >= 0.6 is 22.9 Å². The Morgan fingerprint density at radius 2 is 1.95 bits per heavy atom. The molecule has 0 saturated carbocycles. The molecule has 0 bridgehead atoms. The van der Waals surface area contributed by atoms with E-state index in [1.165, 1.54) is 16.0 Å². The van der Waals surface area contributed by atoms with Crippen molar-refractivity contribution < 1.29 is 9.53 Å². The molecular formula is C28H29ClN6O2S. The number of hydrogen-bond donors (Lipinski definition) is 0. The lowest BCUT2D eigenvalue weighted by molar-refractivity contribution is 0.197. The van der Waals surface area contributed by atoms with Gasteiger partial charge in [-0.3, -0.25) is 4.90 Å². The molecule has 2 atom stereocenters. The largest absolute Gasteiger partial charge is 0.431 e. The Morgan fingerprint density at radius 3 is 2.66 bits per heavy atom. The third-order valence-corrected chi connectivity index (χ3v) is 8.72. The number of likely N-dealkylation sites (tertiary alicyclic amines) is 2. The van der Waals surface area contributed by atoms with Crippen LogP contribution in [0.5, 0.6) is 10.9 Å². The summed E-state index contributed by atoms with van der Waals surface area (Å²) in [5.41, 5.74) is 3.75. The van der Waals surface area contributed by atoms with E-state index >= 15 is 0 Å². The number of benzene rings is 2. The van der Waals surface area contributed by atoms with Crippen molar-refractivity contribution in [1.82, 2.24) is 24.6 Å². The van der Waals surface area contributed by atoms with Gasteiger partial charge in [-0.25, -0.2) is 9.78 Å². The van der Waals surface area contributed by atoms with Crippen LogP contribution in [0.3, 0.4) is 0 Å². The van der Waals surface area contributed by atoms with Gasteiger partial charge in [0.2, 0.25) is 0 Å². The quantitative estimate of drug-likeness (QED) is 0.297. The molecule has 2 aliphatic rings. The van der Waals surface area contributed by atoms with E-state index in [9.17, 15) is 4.79 Å². The molecule has 0 radical (unpaired) electrons. The maximum atomic E-state index is 13.1. The lowest BCUT2D eigenvalue weighted by Gasteiger charge is -2.22. The van der Waals surface area contributed by atoms with Gasteiger partial charge in [-0.2, -0.15) is 9.78 Å². The van der Waals surface area contributed by atoms with Crippen LogP contribution in [0, 0.1) is 11.8 Å². The molecule has 2 aliphatic heterocycles. The number of anilines is 1. The zero-order valence-corrected chi connectivity index (χ0v) is 23.0. The fraction of sp³-hybridized carbons (Fsp3) is 0.321. The van der Waals surface area contributed by atoms with Gasteiger partial charge in [0.15, 0.2) is 0 Å². The number of rotatable bonds is 6. The van der Waals surface area contributed by atoms with Crippen molar-refractivity contribution in [3.8, 4) is 10.9 Å². The molecule has 4 heterocycles. The summed E-state index contributed by atoms with van der Waals surface area (Å²) in [5, 5.41) is 5.58. The lowest BCUT2D eigenvalue weighted by Crippen LogP contribution is -2.36. The van der Waals surface area contributed by atoms with Gasteiger partial charge in [0, 0.05) is 50.5 Å². The molecule has 6 rings (SSSR count). The van der Waals surface area contributed by atoms with Crippen molar-refractivity contribution in [2.24, 2.45) is 11.8 Å². The van der Waals surface area contributed by atoms with Crippen molar-refractivity contribution in [3.63, 3.8) is 0 Å². The standard InChI is InChI=1S/C28H29ClN6O2S/c1-18(2)32(3)22-11-30-35(17-22)28(36)34-15-20-13-33(14-21(20)16-34)12-19-8-9-23(10-24(19)29)37-27-31-25-6-4-5-7-26(25)38-27/h4-11,17,20-21H,1,12-16H2,2-3H3. The highest BCUT2D eigenvalue weighted by atomic mass is 35.5. The van der Waals surface area contributed by atoms with Crippen LogP contribution in [0.1, 0.15) is 12.5 Å². The predicted molar refractivity (Wildman–Crippen MR) is 151 cm³/mol. The van der Waals surface area contributed by atoms with Crippen molar-refractivity contribution in [2.45, 2.75) is 13.5 Å². The van der Waals surface area contributed by atoms with Crippen LogP contribution in [-0.4, -0.2) is 63.8 Å². The zero-order chi connectivity index (χ0) is 26.4.